The molecule has 0 heterocycles. The van der Waals surface area contributed by atoms with Crippen molar-refractivity contribution in [1.29, 1.82) is 0 Å². The van der Waals surface area contributed by atoms with E-state index in [1.165, 1.54) is 12.1 Å². The lowest BCUT2D eigenvalue weighted by atomic mass is 9.93. The molecule has 0 aliphatic rings. The van der Waals surface area contributed by atoms with Crippen LogP contribution in [-0.4, -0.2) is 4.92 Å². The van der Waals surface area contributed by atoms with E-state index < -0.39 is 4.92 Å². The van der Waals surface area contributed by atoms with Gasteiger partial charge < -0.3 is 5.73 Å². The predicted molar refractivity (Wildman–Crippen MR) is 59.5 cm³/mol. The molecule has 0 spiro atoms. The van der Waals surface area contributed by atoms with E-state index in [-0.39, 0.29) is 11.7 Å². The Hall–Kier alpha value is -1.42. The Labute approximate surface area is 89.2 Å². The number of rotatable bonds is 4. The van der Waals surface area contributed by atoms with Gasteiger partial charge in [0, 0.05) is 18.2 Å². The summed E-state index contributed by atoms with van der Waals surface area (Å²) in [5.41, 5.74) is 7.07. The highest BCUT2D eigenvalue weighted by Gasteiger charge is 2.14. The third kappa shape index (κ3) is 2.76. The maximum Gasteiger partial charge on any atom is 0.269 e. The van der Waals surface area contributed by atoms with E-state index in [0.29, 0.717) is 5.92 Å². The molecule has 1 rings (SSSR count). The lowest BCUT2D eigenvalue weighted by Gasteiger charge is -2.18. The van der Waals surface area contributed by atoms with Gasteiger partial charge in [-0.1, -0.05) is 32.4 Å². The molecule has 0 aliphatic carbocycles. The van der Waals surface area contributed by atoms with Crippen LogP contribution in [0.4, 0.5) is 5.69 Å². The third-order valence-corrected chi connectivity index (χ3v) is 2.75. The third-order valence-electron chi connectivity index (χ3n) is 2.75. The number of nitrogens with two attached hydrogens (primary N) is 1. The molecule has 0 aliphatic heterocycles. The first kappa shape index (κ1) is 11.7. The molecule has 82 valence electrons. The summed E-state index contributed by atoms with van der Waals surface area (Å²) in [4.78, 5) is 10.0. The molecular weight excluding hydrogens is 192 g/mol. The summed E-state index contributed by atoms with van der Waals surface area (Å²) < 4.78 is 0. The summed E-state index contributed by atoms with van der Waals surface area (Å²) in [5.74, 6) is 0.381. The van der Waals surface area contributed by atoms with Crippen molar-refractivity contribution < 1.29 is 4.92 Å². The van der Waals surface area contributed by atoms with E-state index in [0.717, 1.165) is 12.0 Å². The fourth-order valence-electron chi connectivity index (χ4n) is 1.40. The van der Waals surface area contributed by atoms with Gasteiger partial charge in [-0.25, -0.2) is 0 Å². The van der Waals surface area contributed by atoms with E-state index in [9.17, 15) is 10.1 Å². The molecule has 4 heteroatoms. The summed E-state index contributed by atoms with van der Waals surface area (Å²) in [7, 11) is 0. The molecule has 2 atom stereocenters. The fraction of sp³-hybridized carbons (Fsp3) is 0.455. The zero-order chi connectivity index (χ0) is 11.4. The maximum atomic E-state index is 10.4. The minimum atomic E-state index is -0.404. The Kier molecular flexibility index (Phi) is 3.80. The molecule has 15 heavy (non-hydrogen) atoms. The topological polar surface area (TPSA) is 69.2 Å². The number of hydrogen-bond donors (Lipinski definition) is 1. The van der Waals surface area contributed by atoms with Gasteiger partial charge in [0.2, 0.25) is 0 Å². The van der Waals surface area contributed by atoms with Crippen LogP contribution >= 0.6 is 0 Å². The Morgan fingerprint density at radius 1 is 1.40 bits per heavy atom. The minimum absolute atomic E-state index is 0.0456. The van der Waals surface area contributed by atoms with Crippen LogP contribution in [0.2, 0.25) is 0 Å². The number of nitro benzene ring substituents is 1. The van der Waals surface area contributed by atoms with Crippen LogP contribution in [0.3, 0.4) is 0 Å². The van der Waals surface area contributed by atoms with Crippen LogP contribution in [0.1, 0.15) is 31.9 Å². The molecule has 0 saturated heterocycles. The summed E-state index contributed by atoms with van der Waals surface area (Å²) in [6, 6.07) is 6.41. The van der Waals surface area contributed by atoms with Gasteiger partial charge >= 0.3 is 0 Å². The first-order valence-corrected chi connectivity index (χ1v) is 5.06. The summed E-state index contributed by atoms with van der Waals surface area (Å²) in [6.45, 7) is 4.15. The average Bonchev–Trinajstić information content (AvgIpc) is 2.27. The van der Waals surface area contributed by atoms with Gasteiger partial charge in [-0.15, -0.1) is 0 Å². The molecule has 4 nitrogen and oxygen atoms in total. The van der Waals surface area contributed by atoms with Gasteiger partial charge in [0.05, 0.1) is 4.92 Å². The zero-order valence-corrected chi connectivity index (χ0v) is 9.01. The normalized spacial score (nSPS) is 14.6. The number of hydrogen-bond acceptors (Lipinski definition) is 3. The molecule has 1 aromatic rings. The second-order valence-corrected chi connectivity index (χ2v) is 3.76. The smallest absolute Gasteiger partial charge is 0.269 e. The van der Waals surface area contributed by atoms with Crippen LogP contribution in [0, 0.1) is 16.0 Å². The van der Waals surface area contributed by atoms with Crippen molar-refractivity contribution in [3.05, 3.63) is 39.9 Å². The highest BCUT2D eigenvalue weighted by atomic mass is 16.6. The second-order valence-electron chi connectivity index (χ2n) is 3.76. The standard InChI is InChI=1S/C11H16N2O2/c1-3-8(2)11(12)9-4-6-10(7-5-9)13(14)15/h4-8,11H,3,12H2,1-2H3. The SMILES string of the molecule is CCC(C)C(N)c1ccc([N+](=O)[O-])cc1. The summed E-state index contributed by atoms with van der Waals surface area (Å²) >= 11 is 0. The van der Waals surface area contributed by atoms with E-state index in [2.05, 4.69) is 13.8 Å². The Balaban J connectivity index is 2.84. The largest absolute Gasteiger partial charge is 0.324 e. The van der Waals surface area contributed by atoms with Crippen molar-refractivity contribution in [2.75, 3.05) is 0 Å². The number of nitro groups is 1. The van der Waals surface area contributed by atoms with Crippen LogP contribution in [0.5, 0.6) is 0 Å². The van der Waals surface area contributed by atoms with Crippen molar-refractivity contribution in [1.82, 2.24) is 0 Å². The highest BCUT2D eigenvalue weighted by molar-refractivity contribution is 5.34. The van der Waals surface area contributed by atoms with Gasteiger partial charge in [0.15, 0.2) is 0 Å². The summed E-state index contributed by atoms with van der Waals surface area (Å²) in [5, 5.41) is 10.4. The Morgan fingerprint density at radius 2 is 1.93 bits per heavy atom. The fourth-order valence-corrected chi connectivity index (χ4v) is 1.40. The van der Waals surface area contributed by atoms with Gasteiger partial charge in [-0.3, -0.25) is 10.1 Å². The van der Waals surface area contributed by atoms with Crippen molar-refractivity contribution in [2.24, 2.45) is 11.7 Å². The molecule has 0 bridgehead atoms. The monoisotopic (exact) mass is 208 g/mol. The molecule has 2 unspecified atom stereocenters. The van der Waals surface area contributed by atoms with Gasteiger partial charge in [0.1, 0.15) is 0 Å². The van der Waals surface area contributed by atoms with Crippen molar-refractivity contribution in [3.63, 3.8) is 0 Å². The molecular formula is C11H16N2O2. The van der Waals surface area contributed by atoms with Crippen LogP contribution in [-0.2, 0) is 0 Å². The first-order chi connectivity index (χ1) is 7.06. The van der Waals surface area contributed by atoms with Crippen molar-refractivity contribution in [3.8, 4) is 0 Å². The number of benzene rings is 1. The van der Waals surface area contributed by atoms with E-state index in [4.69, 9.17) is 5.73 Å². The van der Waals surface area contributed by atoms with Crippen LogP contribution < -0.4 is 5.73 Å². The van der Waals surface area contributed by atoms with Gasteiger partial charge in [0.25, 0.3) is 5.69 Å². The molecule has 1 aromatic carbocycles. The molecule has 0 aromatic heterocycles. The van der Waals surface area contributed by atoms with Gasteiger partial charge in [-0.2, -0.15) is 0 Å². The predicted octanol–water partition coefficient (Wildman–Crippen LogP) is 2.64. The number of nitrogens with zero attached hydrogens (tertiary/aromatic N) is 1. The first-order valence-electron chi connectivity index (χ1n) is 5.06. The summed E-state index contributed by atoms with van der Waals surface area (Å²) in [6.07, 6.45) is 0.998. The van der Waals surface area contributed by atoms with Crippen molar-refractivity contribution in [2.45, 2.75) is 26.3 Å². The van der Waals surface area contributed by atoms with E-state index in [1.807, 2.05) is 0 Å². The lowest BCUT2D eigenvalue weighted by Crippen LogP contribution is -2.18. The van der Waals surface area contributed by atoms with Crippen molar-refractivity contribution >= 4 is 5.69 Å². The van der Waals surface area contributed by atoms with Crippen LogP contribution in [0.15, 0.2) is 24.3 Å². The van der Waals surface area contributed by atoms with Crippen LogP contribution in [0.25, 0.3) is 0 Å². The molecule has 0 saturated carbocycles. The Morgan fingerprint density at radius 3 is 2.33 bits per heavy atom. The quantitative estimate of drug-likeness (QED) is 0.610. The zero-order valence-electron chi connectivity index (χ0n) is 9.01. The maximum absolute atomic E-state index is 10.4. The van der Waals surface area contributed by atoms with E-state index >= 15 is 0 Å². The Bertz CT molecular complexity index is 335. The molecule has 2 N–H and O–H groups in total. The molecule has 0 amide bonds. The molecule has 0 fully saturated rings. The minimum Gasteiger partial charge on any atom is -0.324 e. The number of non-ortho nitro benzene ring substituents is 1. The average molecular weight is 208 g/mol. The highest BCUT2D eigenvalue weighted by Crippen LogP contribution is 2.23. The second kappa shape index (κ2) is 4.89. The lowest BCUT2D eigenvalue weighted by molar-refractivity contribution is -0.384. The van der Waals surface area contributed by atoms with E-state index in [1.54, 1.807) is 12.1 Å². The van der Waals surface area contributed by atoms with Gasteiger partial charge in [-0.05, 0) is 11.5 Å². The molecule has 0 radical (unpaired) electrons.